The highest BCUT2D eigenvalue weighted by Gasteiger charge is 2.47. The van der Waals surface area contributed by atoms with Gasteiger partial charge < -0.3 is 29.2 Å². The van der Waals surface area contributed by atoms with E-state index >= 15 is 0 Å². The maximum Gasteiger partial charge on any atom is 0.278 e. The number of aryl methyl sites for hydroxylation is 1. The van der Waals surface area contributed by atoms with Gasteiger partial charge in [0.25, 0.3) is 11.8 Å². The Labute approximate surface area is 254 Å². The number of aliphatic imine (C=N–C) groups is 1. The summed E-state index contributed by atoms with van der Waals surface area (Å²) in [6.07, 6.45) is 7.00. The summed E-state index contributed by atoms with van der Waals surface area (Å²) in [5.41, 5.74) is 11.8. The average Bonchev–Trinajstić information content (AvgIpc) is 3.44. The monoisotopic (exact) mass is 593 g/mol. The van der Waals surface area contributed by atoms with Gasteiger partial charge in [-0.2, -0.15) is 0 Å². The number of ether oxygens (including phenoxy) is 2. The summed E-state index contributed by atoms with van der Waals surface area (Å²) < 4.78 is 15.4. The van der Waals surface area contributed by atoms with Crippen molar-refractivity contribution in [1.82, 2.24) is 24.0 Å². The number of nitrogens with two attached hydrogens (primary N) is 1. The van der Waals surface area contributed by atoms with Crippen LogP contribution in [-0.4, -0.2) is 81.0 Å². The minimum atomic E-state index is -0.717. The lowest BCUT2D eigenvalue weighted by Crippen LogP contribution is -2.41. The molecule has 0 radical (unpaired) electrons. The summed E-state index contributed by atoms with van der Waals surface area (Å²) in [7, 11) is 5.11. The van der Waals surface area contributed by atoms with E-state index in [-0.39, 0.29) is 23.9 Å². The largest absolute Gasteiger partial charge is 0.494 e. The third-order valence-corrected chi connectivity index (χ3v) is 9.88. The second kappa shape index (κ2) is 10.1. The Kier molecular flexibility index (Phi) is 6.25. The Morgan fingerprint density at radius 3 is 2.64 bits per heavy atom. The molecule has 226 valence electrons. The van der Waals surface area contributed by atoms with Crippen molar-refractivity contribution in [3.05, 3.63) is 47.7 Å². The van der Waals surface area contributed by atoms with Crippen LogP contribution in [0.3, 0.4) is 0 Å². The summed E-state index contributed by atoms with van der Waals surface area (Å²) in [6, 6.07) is 9.99. The van der Waals surface area contributed by atoms with Crippen molar-refractivity contribution in [3.63, 3.8) is 0 Å². The molecular weight excluding hydrogens is 558 g/mol. The second-order valence-electron chi connectivity index (χ2n) is 12.5. The fourth-order valence-electron chi connectivity index (χ4n) is 7.29. The Morgan fingerprint density at radius 2 is 1.93 bits per heavy atom. The molecule has 4 aromatic rings. The Morgan fingerprint density at radius 1 is 1.09 bits per heavy atom. The van der Waals surface area contributed by atoms with Gasteiger partial charge in [-0.1, -0.05) is 0 Å². The number of dihydropyridines is 1. The number of hydrogen-bond acceptors (Lipinski definition) is 7. The van der Waals surface area contributed by atoms with Crippen LogP contribution in [0.15, 0.2) is 41.4 Å². The molecule has 3 fully saturated rings. The van der Waals surface area contributed by atoms with Gasteiger partial charge in [0, 0.05) is 62.1 Å². The predicted octanol–water partition coefficient (Wildman–Crippen LogP) is 3.58. The van der Waals surface area contributed by atoms with Crippen LogP contribution < -0.4 is 10.5 Å². The Balaban J connectivity index is 1.22. The molecule has 1 saturated heterocycles. The number of benzene rings is 1. The molecule has 2 bridgehead atoms. The number of allylic oxidation sites excluding steroid dienone is 1. The summed E-state index contributed by atoms with van der Waals surface area (Å²) in [6.45, 7) is 1.53. The third kappa shape index (κ3) is 4.21. The minimum Gasteiger partial charge on any atom is -0.494 e. The van der Waals surface area contributed by atoms with Gasteiger partial charge in [0.2, 0.25) is 0 Å². The summed E-state index contributed by atoms with van der Waals surface area (Å²) in [5, 5.41) is 0.993. The van der Waals surface area contributed by atoms with E-state index in [1.165, 1.54) is 20.0 Å². The van der Waals surface area contributed by atoms with Gasteiger partial charge >= 0.3 is 0 Å². The molecule has 2 amide bonds. The number of fused-ring (bicyclic) bond motifs is 4. The number of carbonyl (C=O) groups is 2. The maximum atomic E-state index is 13.7. The maximum absolute atomic E-state index is 13.7. The van der Waals surface area contributed by atoms with E-state index < -0.39 is 6.10 Å². The molecule has 2 N–H and O–H groups in total. The zero-order valence-corrected chi connectivity index (χ0v) is 25.1. The number of aromatic nitrogens is 4. The number of methoxy groups -OCH3 is 2. The number of piperidine rings is 1. The lowest BCUT2D eigenvalue weighted by atomic mass is 10.1. The molecule has 44 heavy (non-hydrogen) atoms. The van der Waals surface area contributed by atoms with E-state index in [0.717, 1.165) is 58.7 Å². The molecule has 0 spiro atoms. The van der Waals surface area contributed by atoms with Gasteiger partial charge in [0.05, 0.1) is 24.0 Å². The normalized spacial score (nSPS) is 24.6. The van der Waals surface area contributed by atoms with Crippen molar-refractivity contribution in [1.29, 1.82) is 0 Å². The van der Waals surface area contributed by atoms with Crippen molar-refractivity contribution in [2.45, 2.75) is 50.4 Å². The van der Waals surface area contributed by atoms with Crippen molar-refractivity contribution in [2.24, 2.45) is 29.6 Å². The molecule has 4 atom stereocenters. The van der Waals surface area contributed by atoms with Crippen LogP contribution in [0.1, 0.15) is 41.7 Å². The molecule has 2 aliphatic heterocycles. The fourth-order valence-corrected chi connectivity index (χ4v) is 7.29. The fraction of sp³-hybridized carbons (Fsp3) is 0.424. The van der Waals surface area contributed by atoms with Crippen LogP contribution in [0, 0.1) is 11.8 Å². The molecule has 2 aliphatic carbocycles. The average molecular weight is 594 g/mol. The zero-order valence-electron chi connectivity index (χ0n) is 25.1. The van der Waals surface area contributed by atoms with Crippen molar-refractivity contribution in [3.8, 4) is 17.3 Å². The van der Waals surface area contributed by atoms with E-state index in [1.807, 2.05) is 40.8 Å². The molecule has 3 aromatic heterocycles. The number of imidazole rings is 1. The first kappa shape index (κ1) is 27.2. The number of hydrogen-bond donors (Lipinski definition) is 1. The highest BCUT2D eigenvalue weighted by molar-refractivity contribution is 6.16. The number of likely N-dealkylation sites (tertiary alicyclic amines) is 1. The van der Waals surface area contributed by atoms with Gasteiger partial charge in [-0.3, -0.25) is 9.59 Å². The number of rotatable bonds is 7. The second-order valence-corrected chi connectivity index (χ2v) is 12.5. The highest BCUT2D eigenvalue weighted by atomic mass is 16.5. The van der Waals surface area contributed by atoms with Gasteiger partial charge in [-0.15, -0.1) is 0 Å². The molecule has 1 aromatic carbocycles. The number of pyridine rings is 1. The van der Waals surface area contributed by atoms with Gasteiger partial charge in [-0.05, 0) is 73.9 Å². The van der Waals surface area contributed by atoms with E-state index in [0.29, 0.717) is 35.2 Å². The first-order valence-corrected chi connectivity index (χ1v) is 15.3. The van der Waals surface area contributed by atoms with Gasteiger partial charge in [0.1, 0.15) is 16.9 Å². The molecule has 3 unspecified atom stereocenters. The Hall–Kier alpha value is -4.35. The van der Waals surface area contributed by atoms with Crippen LogP contribution in [0.5, 0.6) is 5.75 Å². The van der Waals surface area contributed by atoms with E-state index in [2.05, 4.69) is 15.6 Å². The number of amides is 2. The van der Waals surface area contributed by atoms with Crippen LogP contribution in [0.25, 0.3) is 39.2 Å². The predicted molar refractivity (Wildman–Crippen MR) is 167 cm³/mol. The summed E-state index contributed by atoms with van der Waals surface area (Å²) in [5.74, 6) is 2.00. The van der Waals surface area contributed by atoms with Crippen LogP contribution in [0.4, 0.5) is 0 Å². The van der Waals surface area contributed by atoms with Crippen LogP contribution >= 0.6 is 0 Å². The number of nitrogens with zero attached hydrogens (tertiary/aromatic N) is 6. The van der Waals surface area contributed by atoms with Crippen molar-refractivity contribution >= 4 is 45.7 Å². The molecule has 11 heteroatoms. The first-order valence-electron chi connectivity index (χ1n) is 15.3. The van der Waals surface area contributed by atoms with E-state index in [9.17, 15) is 9.59 Å². The third-order valence-electron chi connectivity index (χ3n) is 9.88. The lowest BCUT2D eigenvalue weighted by Gasteiger charge is -2.27. The Bertz CT molecular complexity index is 1920. The number of carbonyl (C=O) groups excluding carboxylic acids is 2. The highest BCUT2D eigenvalue weighted by Crippen LogP contribution is 2.40. The molecule has 4 aliphatic rings. The van der Waals surface area contributed by atoms with Crippen molar-refractivity contribution in [2.75, 3.05) is 20.8 Å². The topological polar surface area (TPSA) is 130 Å². The van der Waals surface area contributed by atoms with Gasteiger partial charge in [0.15, 0.2) is 11.9 Å². The molecule has 11 nitrogen and oxygen atoms in total. The molecule has 5 heterocycles. The van der Waals surface area contributed by atoms with Crippen LogP contribution in [-0.2, 0) is 23.1 Å². The van der Waals surface area contributed by atoms with Crippen LogP contribution in [0.2, 0.25) is 0 Å². The summed E-state index contributed by atoms with van der Waals surface area (Å²) in [4.78, 5) is 41.8. The lowest BCUT2D eigenvalue weighted by molar-refractivity contribution is -0.124. The van der Waals surface area contributed by atoms with E-state index in [1.54, 1.807) is 19.4 Å². The smallest absolute Gasteiger partial charge is 0.278 e. The molecule has 2 saturated carbocycles. The molecule has 8 rings (SSSR count). The van der Waals surface area contributed by atoms with Crippen molar-refractivity contribution < 1.29 is 19.1 Å². The van der Waals surface area contributed by atoms with Gasteiger partial charge in [-0.25, -0.2) is 15.0 Å². The zero-order chi connectivity index (χ0) is 30.3. The SMILES string of the molecule is COc1cc(C(=O)N2CC3CCC2[C@@H]3N)cc2nc(-c3cc4ccc(C5=CC(OC)C(=O)N=C5)nc4n3CC3CC3)n(C)c12. The minimum absolute atomic E-state index is 0.0161. The molecular formula is C33H35N7O4. The standard InChI is InChI=1S/C33H35N7O4/c1-38-29-23(10-20(12-26(29)43-2)33(42)40-16-19-7-9-24(40)28(19)34)37-31(38)25-11-18-6-8-22(21-13-27(44-3)32(41)35-14-21)36-30(18)39(25)15-17-4-5-17/h6,8,10-14,17,19,24,27-28H,4-5,7,9,15-16,34H2,1-3H3/t19?,24?,27?,28-/m1/s1. The summed E-state index contributed by atoms with van der Waals surface area (Å²) >= 11 is 0. The first-order chi connectivity index (χ1) is 21.3. The van der Waals surface area contributed by atoms with E-state index in [4.69, 9.17) is 25.2 Å². The quantitative estimate of drug-likeness (QED) is 0.347.